The molecular weight excluding hydrogens is 232 g/mol. The van der Waals surface area contributed by atoms with Gasteiger partial charge in [-0.3, -0.25) is 4.90 Å². The van der Waals surface area contributed by atoms with E-state index in [-0.39, 0.29) is 0 Å². The standard InChI is InChI=1S/C17H32N2/c1-16(2,3)15-7-11-19(12-8-15)14-17(13-18)9-5-4-6-10-17/h7H,4-6,8-14,18H2,1-3H3. The Kier molecular flexibility index (Phi) is 4.73. The van der Waals surface area contributed by atoms with Crippen LogP contribution in [0.1, 0.15) is 59.3 Å². The van der Waals surface area contributed by atoms with Gasteiger partial charge in [0.15, 0.2) is 0 Å². The molecule has 0 amide bonds. The van der Waals surface area contributed by atoms with Crippen molar-refractivity contribution < 1.29 is 0 Å². The zero-order chi connectivity index (χ0) is 13.9. The van der Waals surface area contributed by atoms with Gasteiger partial charge in [0, 0.05) is 19.6 Å². The molecule has 0 saturated heterocycles. The van der Waals surface area contributed by atoms with Crippen molar-refractivity contribution in [1.82, 2.24) is 4.90 Å². The molecule has 2 aliphatic rings. The first-order valence-electron chi connectivity index (χ1n) is 8.07. The first-order chi connectivity index (χ1) is 8.95. The highest BCUT2D eigenvalue weighted by Gasteiger charge is 2.33. The van der Waals surface area contributed by atoms with Gasteiger partial charge < -0.3 is 5.73 Å². The Morgan fingerprint density at radius 3 is 2.37 bits per heavy atom. The van der Waals surface area contributed by atoms with Crippen molar-refractivity contribution in [2.45, 2.75) is 59.3 Å². The zero-order valence-electron chi connectivity index (χ0n) is 13.2. The lowest BCUT2D eigenvalue weighted by molar-refractivity contribution is 0.115. The molecule has 1 heterocycles. The van der Waals surface area contributed by atoms with Gasteiger partial charge in [-0.25, -0.2) is 0 Å². The third-order valence-corrected chi connectivity index (χ3v) is 5.16. The maximum atomic E-state index is 6.11. The second kappa shape index (κ2) is 5.97. The summed E-state index contributed by atoms with van der Waals surface area (Å²) >= 11 is 0. The fraction of sp³-hybridized carbons (Fsp3) is 0.882. The van der Waals surface area contributed by atoms with Crippen LogP contribution in [0.2, 0.25) is 0 Å². The van der Waals surface area contributed by atoms with Gasteiger partial charge in [-0.1, -0.05) is 51.7 Å². The maximum Gasteiger partial charge on any atom is 0.0166 e. The topological polar surface area (TPSA) is 29.3 Å². The number of hydrogen-bond acceptors (Lipinski definition) is 2. The Bertz CT molecular complexity index is 319. The van der Waals surface area contributed by atoms with E-state index in [2.05, 4.69) is 31.7 Å². The van der Waals surface area contributed by atoms with Crippen LogP contribution in [-0.4, -0.2) is 31.1 Å². The van der Waals surface area contributed by atoms with Crippen molar-refractivity contribution in [2.24, 2.45) is 16.6 Å². The van der Waals surface area contributed by atoms with Gasteiger partial charge >= 0.3 is 0 Å². The summed E-state index contributed by atoms with van der Waals surface area (Å²) in [5, 5.41) is 0. The van der Waals surface area contributed by atoms with Crippen LogP contribution in [-0.2, 0) is 0 Å². The molecule has 0 aromatic carbocycles. The molecule has 1 fully saturated rings. The molecular formula is C17H32N2. The van der Waals surface area contributed by atoms with Crippen molar-refractivity contribution in [3.8, 4) is 0 Å². The number of nitrogens with two attached hydrogens (primary N) is 1. The van der Waals surface area contributed by atoms with Crippen molar-refractivity contribution in [1.29, 1.82) is 0 Å². The zero-order valence-corrected chi connectivity index (χ0v) is 13.2. The summed E-state index contributed by atoms with van der Waals surface area (Å²) in [4.78, 5) is 2.63. The summed E-state index contributed by atoms with van der Waals surface area (Å²) in [6.07, 6.45) is 10.6. The molecule has 0 bridgehead atoms. The molecule has 1 aliphatic heterocycles. The smallest absolute Gasteiger partial charge is 0.0166 e. The minimum absolute atomic E-state index is 0.350. The first-order valence-corrected chi connectivity index (χ1v) is 8.07. The fourth-order valence-corrected chi connectivity index (χ4v) is 3.74. The molecule has 110 valence electrons. The monoisotopic (exact) mass is 264 g/mol. The third-order valence-electron chi connectivity index (χ3n) is 5.16. The van der Waals surface area contributed by atoms with Gasteiger partial charge in [0.05, 0.1) is 0 Å². The van der Waals surface area contributed by atoms with E-state index in [1.165, 1.54) is 51.6 Å². The molecule has 19 heavy (non-hydrogen) atoms. The number of rotatable bonds is 3. The predicted octanol–water partition coefficient (Wildman–Crippen LogP) is 3.57. The lowest BCUT2D eigenvalue weighted by atomic mass is 9.73. The Morgan fingerprint density at radius 1 is 1.21 bits per heavy atom. The molecule has 0 aromatic rings. The van der Waals surface area contributed by atoms with E-state index in [4.69, 9.17) is 5.73 Å². The molecule has 0 unspecified atom stereocenters. The first kappa shape index (κ1) is 15.1. The molecule has 0 radical (unpaired) electrons. The average Bonchev–Trinajstić information content (AvgIpc) is 2.39. The van der Waals surface area contributed by atoms with E-state index >= 15 is 0 Å². The van der Waals surface area contributed by atoms with Crippen molar-refractivity contribution in [2.75, 3.05) is 26.2 Å². The highest BCUT2D eigenvalue weighted by atomic mass is 15.1. The van der Waals surface area contributed by atoms with E-state index in [0.717, 1.165) is 13.1 Å². The second-order valence-electron chi connectivity index (χ2n) is 7.73. The molecule has 1 saturated carbocycles. The largest absolute Gasteiger partial charge is 0.330 e. The summed E-state index contributed by atoms with van der Waals surface area (Å²) in [7, 11) is 0. The number of hydrogen-bond donors (Lipinski definition) is 1. The van der Waals surface area contributed by atoms with Crippen LogP contribution in [0, 0.1) is 10.8 Å². The van der Waals surface area contributed by atoms with Crippen LogP contribution in [0.4, 0.5) is 0 Å². The van der Waals surface area contributed by atoms with E-state index in [1.807, 2.05) is 0 Å². The van der Waals surface area contributed by atoms with Crippen LogP contribution < -0.4 is 5.73 Å². The molecule has 1 aliphatic carbocycles. The van der Waals surface area contributed by atoms with Gasteiger partial charge in [0.25, 0.3) is 0 Å². The lowest BCUT2D eigenvalue weighted by Gasteiger charge is -2.42. The fourth-order valence-electron chi connectivity index (χ4n) is 3.74. The van der Waals surface area contributed by atoms with Crippen LogP contribution in [0.3, 0.4) is 0 Å². The summed E-state index contributed by atoms with van der Waals surface area (Å²) in [5.74, 6) is 0. The van der Waals surface area contributed by atoms with Gasteiger partial charge in [-0.2, -0.15) is 0 Å². The van der Waals surface area contributed by atoms with E-state index in [0.29, 0.717) is 10.8 Å². The summed E-state index contributed by atoms with van der Waals surface area (Å²) < 4.78 is 0. The lowest BCUT2D eigenvalue weighted by Crippen LogP contribution is -2.45. The van der Waals surface area contributed by atoms with Crippen LogP contribution in [0.15, 0.2) is 11.6 Å². The quantitative estimate of drug-likeness (QED) is 0.790. The molecule has 0 atom stereocenters. The highest BCUT2D eigenvalue weighted by Crippen LogP contribution is 2.37. The van der Waals surface area contributed by atoms with Gasteiger partial charge in [-0.05, 0) is 36.6 Å². The molecule has 2 rings (SSSR count). The minimum Gasteiger partial charge on any atom is -0.330 e. The van der Waals surface area contributed by atoms with E-state index in [9.17, 15) is 0 Å². The van der Waals surface area contributed by atoms with Crippen LogP contribution >= 0.6 is 0 Å². The highest BCUT2D eigenvalue weighted by molar-refractivity contribution is 5.14. The molecule has 2 N–H and O–H groups in total. The maximum absolute atomic E-state index is 6.11. The Labute approximate surface area is 119 Å². The Balaban J connectivity index is 1.93. The van der Waals surface area contributed by atoms with Gasteiger partial charge in [0.2, 0.25) is 0 Å². The third kappa shape index (κ3) is 3.82. The normalized spacial score (nSPS) is 25.2. The number of nitrogens with zero attached hydrogens (tertiary/aromatic N) is 1. The molecule has 0 spiro atoms. The second-order valence-corrected chi connectivity index (χ2v) is 7.73. The summed E-state index contributed by atoms with van der Waals surface area (Å²) in [6.45, 7) is 11.4. The van der Waals surface area contributed by atoms with E-state index < -0.39 is 0 Å². The van der Waals surface area contributed by atoms with Crippen LogP contribution in [0.25, 0.3) is 0 Å². The molecule has 0 aromatic heterocycles. The summed E-state index contributed by atoms with van der Waals surface area (Å²) in [6, 6.07) is 0. The van der Waals surface area contributed by atoms with E-state index in [1.54, 1.807) is 5.57 Å². The predicted molar refractivity (Wildman–Crippen MR) is 83.2 cm³/mol. The van der Waals surface area contributed by atoms with Crippen molar-refractivity contribution >= 4 is 0 Å². The van der Waals surface area contributed by atoms with Crippen molar-refractivity contribution in [3.05, 3.63) is 11.6 Å². The van der Waals surface area contributed by atoms with Gasteiger partial charge in [-0.15, -0.1) is 0 Å². The molecule has 2 heteroatoms. The minimum atomic E-state index is 0.350. The summed E-state index contributed by atoms with van der Waals surface area (Å²) in [5.41, 5.74) is 8.52. The Hall–Kier alpha value is -0.340. The average molecular weight is 264 g/mol. The van der Waals surface area contributed by atoms with Crippen molar-refractivity contribution in [3.63, 3.8) is 0 Å². The molecule has 2 nitrogen and oxygen atoms in total. The SMILES string of the molecule is CC(C)(C)C1=CCN(CC2(CN)CCCCC2)CC1. The Morgan fingerprint density at radius 2 is 1.89 bits per heavy atom. The van der Waals surface area contributed by atoms with Gasteiger partial charge in [0.1, 0.15) is 0 Å². The van der Waals surface area contributed by atoms with Crippen LogP contribution in [0.5, 0.6) is 0 Å².